The highest BCUT2D eigenvalue weighted by atomic mass is 32.1. The summed E-state index contributed by atoms with van der Waals surface area (Å²) < 4.78 is 0. The van der Waals surface area contributed by atoms with E-state index < -0.39 is 0 Å². The second kappa shape index (κ2) is 7.75. The Labute approximate surface area is 134 Å². The van der Waals surface area contributed by atoms with E-state index in [-0.39, 0.29) is 0 Å². The molecular formula is C18H32N2S. The van der Waals surface area contributed by atoms with E-state index in [2.05, 4.69) is 57.0 Å². The van der Waals surface area contributed by atoms with Gasteiger partial charge < -0.3 is 5.32 Å². The molecule has 1 aromatic rings. The summed E-state index contributed by atoms with van der Waals surface area (Å²) in [6, 6.07) is 6.56. The van der Waals surface area contributed by atoms with E-state index in [1.807, 2.05) is 11.3 Å². The molecule has 0 bridgehead atoms. The zero-order chi connectivity index (χ0) is 15.4. The third-order valence-corrected chi connectivity index (χ3v) is 5.76. The largest absolute Gasteiger partial charge is 0.311 e. The fourth-order valence-corrected chi connectivity index (χ4v) is 4.54. The molecule has 21 heavy (non-hydrogen) atoms. The second-order valence-corrected chi connectivity index (χ2v) is 8.34. The fourth-order valence-electron chi connectivity index (χ4n) is 3.53. The Bertz CT molecular complexity index is 427. The molecule has 1 aromatic heterocycles. The van der Waals surface area contributed by atoms with Crippen molar-refractivity contribution in [2.75, 3.05) is 13.1 Å². The molecule has 2 heterocycles. The molecule has 1 N–H and O–H groups in total. The highest BCUT2D eigenvalue weighted by Crippen LogP contribution is 2.24. The Kier molecular flexibility index (Phi) is 6.27. The van der Waals surface area contributed by atoms with Crippen LogP contribution in [-0.4, -0.2) is 36.1 Å². The van der Waals surface area contributed by atoms with E-state index in [1.54, 1.807) is 0 Å². The Balaban J connectivity index is 2.03. The van der Waals surface area contributed by atoms with Crippen LogP contribution in [0.2, 0.25) is 0 Å². The zero-order valence-corrected chi connectivity index (χ0v) is 15.2. The minimum atomic E-state index is 0.636. The van der Waals surface area contributed by atoms with Gasteiger partial charge in [0.25, 0.3) is 0 Å². The van der Waals surface area contributed by atoms with Gasteiger partial charge in [0.2, 0.25) is 0 Å². The number of thiophene rings is 1. The van der Waals surface area contributed by atoms with Gasteiger partial charge in [-0.2, -0.15) is 0 Å². The number of hydrogen-bond donors (Lipinski definition) is 1. The summed E-state index contributed by atoms with van der Waals surface area (Å²) in [5, 5.41) is 3.77. The summed E-state index contributed by atoms with van der Waals surface area (Å²) in [5.41, 5.74) is 0. The molecule has 0 aromatic carbocycles. The maximum atomic E-state index is 3.77. The van der Waals surface area contributed by atoms with Crippen molar-refractivity contribution in [2.45, 2.75) is 72.0 Å². The lowest BCUT2D eigenvalue weighted by Crippen LogP contribution is -2.60. The zero-order valence-electron chi connectivity index (χ0n) is 14.4. The Morgan fingerprint density at radius 3 is 2.67 bits per heavy atom. The van der Waals surface area contributed by atoms with Crippen molar-refractivity contribution in [2.24, 2.45) is 5.92 Å². The van der Waals surface area contributed by atoms with Crippen LogP contribution in [0.4, 0.5) is 0 Å². The number of piperazine rings is 1. The average molecular weight is 309 g/mol. The maximum absolute atomic E-state index is 3.77. The molecular weight excluding hydrogens is 276 g/mol. The minimum absolute atomic E-state index is 0.636. The summed E-state index contributed by atoms with van der Waals surface area (Å²) in [4.78, 5) is 5.74. The monoisotopic (exact) mass is 308 g/mol. The third-order valence-electron chi connectivity index (χ3n) is 4.74. The first-order valence-electron chi connectivity index (χ1n) is 8.55. The lowest BCUT2D eigenvalue weighted by atomic mass is 9.94. The molecule has 3 atom stereocenters. The molecule has 0 aliphatic carbocycles. The molecule has 0 radical (unpaired) electrons. The molecule has 1 fully saturated rings. The van der Waals surface area contributed by atoms with Crippen LogP contribution in [0.1, 0.15) is 50.3 Å². The highest BCUT2D eigenvalue weighted by molar-refractivity contribution is 7.11. The second-order valence-electron chi connectivity index (χ2n) is 6.97. The van der Waals surface area contributed by atoms with Crippen LogP contribution in [0.5, 0.6) is 0 Å². The SMILES string of the molecule is CCCC1CN(C(C)Cc2ccc(C)s2)C(C(C)C)CN1. The van der Waals surface area contributed by atoms with Crippen molar-refractivity contribution >= 4 is 11.3 Å². The number of aryl methyl sites for hydroxylation is 1. The van der Waals surface area contributed by atoms with Gasteiger partial charge >= 0.3 is 0 Å². The number of rotatable bonds is 6. The number of nitrogens with one attached hydrogen (secondary N) is 1. The molecule has 1 saturated heterocycles. The van der Waals surface area contributed by atoms with Gasteiger partial charge in [0.1, 0.15) is 0 Å². The van der Waals surface area contributed by atoms with Crippen molar-refractivity contribution in [3.63, 3.8) is 0 Å². The fraction of sp³-hybridized carbons (Fsp3) is 0.778. The first kappa shape index (κ1) is 17.0. The lowest BCUT2D eigenvalue weighted by Gasteiger charge is -2.45. The van der Waals surface area contributed by atoms with E-state index in [1.165, 1.54) is 35.6 Å². The van der Waals surface area contributed by atoms with Crippen LogP contribution in [0.25, 0.3) is 0 Å². The van der Waals surface area contributed by atoms with Crippen LogP contribution in [0.15, 0.2) is 12.1 Å². The van der Waals surface area contributed by atoms with Crippen LogP contribution in [0, 0.1) is 12.8 Å². The first-order valence-corrected chi connectivity index (χ1v) is 9.37. The molecule has 2 rings (SSSR count). The van der Waals surface area contributed by atoms with Gasteiger partial charge in [0, 0.05) is 41.0 Å². The van der Waals surface area contributed by atoms with Gasteiger partial charge in [-0.1, -0.05) is 27.2 Å². The summed E-state index contributed by atoms with van der Waals surface area (Å²) >= 11 is 1.96. The summed E-state index contributed by atoms with van der Waals surface area (Å²) in [7, 11) is 0. The van der Waals surface area contributed by atoms with Gasteiger partial charge in [-0.05, 0) is 44.7 Å². The average Bonchev–Trinajstić information content (AvgIpc) is 2.84. The van der Waals surface area contributed by atoms with E-state index in [9.17, 15) is 0 Å². The molecule has 1 aliphatic rings. The van der Waals surface area contributed by atoms with Crippen molar-refractivity contribution < 1.29 is 0 Å². The quantitative estimate of drug-likeness (QED) is 0.851. The summed E-state index contributed by atoms with van der Waals surface area (Å²) in [6.07, 6.45) is 3.77. The Morgan fingerprint density at radius 1 is 1.33 bits per heavy atom. The minimum Gasteiger partial charge on any atom is -0.311 e. The van der Waals surface area contributed by atoms with Gasteiger partial charge in [-0.3, -0.25) is 4.90 Å². The standard InChI is InChI=1S/C18H32N2S/c1-6-7-16-12-20(18(11-19-16)13(2)3)14(4)10-17-9-8-15(5)21-17/h8-9,13-14,16,18-19H,6-7,10-12H2,1-5H3. The molecule has 120 valence electrons. The highest BCUT2D eigenvalue weighted by Gasteiger charge is 2.32. The van der Waals surface area contributed by atoms with Crippen molar-refractivity contribution in [1.82, 2.24) is 10.2 Å². The van der Waals surface area contributed by atoms with E-state index in [0.717, 1.165) is 6.54 Å². The van der Waals surface area contributed by atoms with Crippen LogP contribution in [0.3, 0.4) is 0 Å². The first-order chi connectivity index (χ1) is 10.0. The molecule has 0 spiro atoms. The van der Waals surface area contributed by atoms with E-state index in [4.69, 9.17) is 0 Å². The predicted molar refractivity (Wildman–Crippen MR) is 94.3 cm³/mol. The molecule has 3 unspecified atom stereocenters. The van der Waals surface area contributed by atoms with Crippen molar-refractivity contribution in [3.8, 4) is 0 Å². The lowest BCUT2D eigenvalue weighted by molar-refractivity contribution is 0.0605. The topological polar surface area (TPSA) is 15.3 Å². The summed E-state index contributed by atoms with van der Waals surface area (Å²) in [5.74, 6) is 0.715. The number of hydrogen-bond acceptors (Lipinski definition) is 3. The van der Waals surface area contributed by atoms with Crippen molar-refractivity contribution in [3.05, 3.63) is 21.9 Å². The van der Waals surface area contributed by atoms with E-state index in [0.29, 0.717) is 24.0 Å². The molecule has 0 amide bonds. The number of nitrogens with zero attached hydrogens (tertiary/aromatic N) is 1. The van der Waals surface area contributed by atoms with Crippen LogP contribution >= 0.6 is 11.3 Å². The van der Waals surface area contributed by atoms with Crippen molar-refractivity contribution in [1.29, 1.82) is 0 Å². The Morgan fingerprint density at radius 2 is 2.10 bits per heavy atom. The Hall–Kier alpha value is -0.380. The predicted octanol–water partition coefficient (Wildman–Crippen LogP) is 4.09. The van der Waals surface area contributed by atoms with Crippen LogP contribution in [-0.2, 0) is 6.42 Å². The molecule has 3 heteroatoms. The smallest absolute Gasteiger partial charge is 0.0247 e. The maximum Gasteiger partial charge on any atom is 0.0247 e. The van der Waals surface area contributed by atoms with Gasteiger partial charge in [-0.15, -0.1) is 11.3 Å². The van der Waals surface area contributed by atoms with Gasteiger partial charge in [-0.25, -0.2) is 0 Å². The van der Waals surface area contributed by atoms with E-state index >= 15 is 0 Å². The molecule has 2 nitrogen and oxygen atoms in total. The normalized spacial score (nSPS) is 25.4. The molecule has 1 aliphatic heterocycles. The van der Waals surface area contributed by atoms with Gasteiger partial charge in [0.15, 0.2) is 0 Å². The van der Waals surface area contributed by atoms with Gasteiger partial charge in [0.05, 0.1) is 0 Å². The third kappa shape index (κ3) is 4.54. The summed E-state index contributed by atoms with van der Waals surface area (Å²) in [6.45, 7) is 14.0. The molecule has 0 saturated carbocycles. The van der Waals surface area contributed by atoms with Crippen LogP contribution < -0.4 is 5.32 Å².